The quantitative estimate of drug-likeness (QED) is 0.690. The van der Waals surface area contributed by atoms with Gasteiger partial charge < -0.3 is 5.32 Å². The van der Waals surface area contributed by atoms with Gasteiger partial charge in [-0.25, -0.2) is 4.79 Å². The first kappa shape index (κ1) is 7.86. The molecule has 1 aliphatic rings. The van der Waals surface area contributed by atoms with Gasteiger partial charge in [0.2, 0.25) is 0 Å². The van der Waals surface area contributed by atoms with Gasteiger partial charge in [0, 0.05) is 18.4 Å². The number of hydrogen-bond donors (Lipinski definition) is 1. The van der Waals surface area contributed by atoms with Crippen molar-refractivity contribution in [1.82, 2.24) is 5.32 Å². The molecule has 0 unspecified atom stereocenters. The van der Waals surface area contributed by atoms with Crippen molar-refractivity contribution in [2.45, 2.75) is 0 Å². The number of amides is 2. The van der Waals surface area contributed by atoms with Crippen LogP contribution in [0.15, 0.2) is 42.6 Å². The lowest BCUT2D eigenvalue weighted by Gasteiger charge is -2.23. The molecule has 0 bridgehead atoms. The Morgan fingerprint density at radius 2 is 2.00 bits per heavy atom. The predicted octanol–water partition coefficient (Wildman–Crippen LogP) is 1.73. The first-order valence-corrected chi connectivity index (χ1v) is 4.16. The van der Waals surface area contributed by atoms with Crippen molar-refractivity contribution in [3.05, 3.63) is 42.6 Å². The molecule has 0 spiro atoms. The second-order valence-corrected chi connectivity index (χ2v) is 2.80. The number of carbonyl (C=O) groups is 1. The van der Waals surface area contributed by atoms with Crippen molar-refractivity contribution in [2.75, 3.05) is 11.4 Å². The monoisotopic (exact) mass is 174 g/mol. The van der Waals surface area contributed by atoms with Gasteiger partial charge in [-0.3, -0.25) is 4.90 Å². The Morgan fingerprint density at radius 3 is 2.69 bits per heavy atom. The molecule has 0 atom stereocenters. The molecule has 1 aliphatic heterocycles. The van der Waals surface area contributed by atoms with E-state index in [4.69, 9.17) is 0 Å². The number of para-hydroxylation sites is 1. The number of anilines is 1. The van der Waals surface area contributed by atoms with Crippen LogP contribution in [0.5, 0.6) is 0 Å². The maximum Gasteiger partial charge on any atom is 0.326 e. The molecule has 3 nitrogen and oxygen atoms in total. The van der Waals surface area contributed by atoms with Crippen LogP contribution in [0.4, 0.5) is 10.5 Å². The van der Waals surface area contributed by atoms with E-state index in [1.807, 2.05) is 36.4 Å². The van der Waals surface area contributed by atoms with Crippen molar-refractivity contribution < 1.29 is 4.79 Å². The van der Waals surface area contributed by atoms with Crippen LogP contribution >= 0.6 is 0 Å². The van der Waals surface area contributed by atoms with Gasteiger partial charge in [-0.2, -0.15) is 0 Å². The molecule has 0 saturated heterocycles. The van der Waals surface area contributed by atoms with E-state index < -0.39 is 0 Å². The molecule has 66 valence electrons. The first-order chi connectivity index (χ1) is 6.38. The smallest absolute Gasteiger partial charge is 0.314 e. The average molecular weight is 174 g/mol. The van der Waals surface area contributed by atoms with Gasteiger partial charge in [0.15, 0.2) is 0 Å². The highest BCUT2D eigenvalue weighted by Crippen LogP contribution is 2.14. The summed E-state index contributed by atoms with van der Waals surface area (Å²) in [5.41, 5.74) is 0.921. The predicted molar refractivity (Wildman–Crippen MR) is 51.5 cm³/mol. The fourth-order valence-electron chi connectivity index (χ4n) is 1.28. The second-order valence-electron chi connectivity index (χ2n) is 2.80. The summed E-state index contributed by atoms with van der Waals surface area (Å²) in [5.74, 6) is 0. The lowest BCUT2D eigenvalue weighted by Crippen LogP contribution is -2.40. The van der Waals surface area contributed by atoms with Crippen molar-refractivity contribution in [1.29, 1.82) is 0 Å². The minimum Gasteiger partial charge on any atom is -0.314 e. The van der Waals surface area contributed by atoms with Crippen LogP contribution in [0, 0.1) is 0 Å². The fourth-order valence-corrected chi connectivity index (χ4v) is 1.28. The lowest BCUT2D eigenvalue weighted by atomic mass is 10.3. The Hall–Kier alpha value is -1.77. The third kappa shape index (κ3) is 1.54. The van der Waals surface area contributed by atoms with Gasteiger partial charge >= 0.3 is 6.03 Å². The molecule has 0 fully saturated rings. The van der Waals surface area contributed by atoms with Gasteiger partial charge in [-0.05, 0) is 18.2 Å². The molecule has 13 heavy (non-hydrogen) atoms. The SMILES string of the molecule is O=C1NC=CCN1c1ccccc1. The molecule has 1 aromatic carbocycles. The van der Waals surface area contributed by atoms with Crippen LogP contribution in [-0.2, 0) is 0 Å². The summed E-state index contributed by atoms with van der Waals surface area (Å²) in [6.07, 6.45) is 3.58. The highest BCUT2D eigenvalue weighted by atomic mass is 16.2. The highest BCUT2D eigenvalue weighted by Gasteiger charge is 2.14. The minimum absolute atomic E-state index is 0.0753. The highest BCUT2D eigenvalue weighted by molar-refractivity contribution is 5.93. The number of benzene rings is 1. The second kappa shape index (κ2) is 3.31. The standard InChI is InChI=1S/C10H10N2O/c13-10-11-7-4-8-12(10)9-5-2-1-3-6-9/h1-7H,8H2,(H,11,13). The molecule has 1 heterocycles. The Labute approximate surface area is 76.7 Å². The molecule has 0 saturated carbocycles. The number of carbonyl (C=O) groups excluding carboxylic acids is 1. The lowest BCUT2D eigenvalue weighted by molar-refractivity contribution is 0.249. The van der Waals surface area contributed by atoms with Crippen LogP contribution in [0.25, 0.3) is 0 Å². The van der Waals surface area contributed by atoms with Crippen molar-refractivity contribution in [3.63, 3.8) is 0 Å². The maximum absolute atomic E-state index is 11.4. The molecule has 2 amide bonds. The fraction of sp³-hybridized carbons (Fsp3) is 0.100. The van der Waals surface area contributed by atoms with Crippen LogP contribution in [0.1, 0.15) is 0 Å². The number of nitrogens with zero attached hydrogens (tertiary/aromatic N) is 1. The molecule has 1 aromatic rings. The molecule has 3 heteroatoms. The largest absolute Gasteiger partial charge is 0.326 e. The molecular weight excluding hydrogens is 164 g/mol. The molecule has 0 aromatic heterocycles. The zero-order valence-electron chi connectivity index (χ0n) is 7.10. The summed E-state index contributed by atoms with van der Waals surface area (Å²) >= 11 is 0. The van der Waals surface area contributed by atoms with Crippen molar-refractivity contribution >= 4 is 11.7 Å². The van der Waals surface area contributed by atoms with Crippen LogP contribution in [-0.4, -0.2) is 12.6 Å². The van der Waals surface area contributed by atoms with Gasteiger partial charge in [0.25, 0.3) is 0 Å². The van der Waals surface area contributed by atoms with Gasteiger partial charge in [0.1, 0.15) is 0 Å². The van der Waals surface area contributed by atoms with E-state index >= 15 is 0 Å². The Bertz CT molecular complexity index is 332. The third-order valence-corrected chi connectivity index (χ3v) is 1.93. The number of rotatable bonds is 1. The Balaban J connectivity index is 2.26. The number of hydrogen-bond acceptors (Lipinski definition) is 1. The van der Waals surface area contributed by atoms with Crippen LogP contribution in [0.2, 0.25) is 0 Å². The zero-order valence-corrected chi connectivity index (χ0v) is 7.10. The Kier molecular flexibility index (Phi) is 2.00. The molecule has 0 aliphatic carbocycles. The summed E-state index contributed by atoms with van der Waals surface area (Å²) in [6, 6.07) is 9.52. The van der Waals surface area contributed by atoms with E-state index in [0.29, 0.717) is 6.54 Å². The van der Waals surface area contributed by atoms with Gasteiger partial charge in [-0.1, -0.05) is 18.2 Å². The molecule has 0 radical (unpaired) electrons. The molecule has 2 rings (SSSR count). The third-order valence-electron chi connectivity index (χ3n) is 1.93. The topological polar surface area (TPSA) is 32.3 Å². The van der Waals surface area contributed by atoms with Gasteiger partial charge in [0.05, 0.1) is 0 Å². The van der Waals surface area contributed by atoms with E-state index in [-0.39, 0.29) is 6.03 Å². The van der Waals surface area contributed by atoms with E-state index in [9.17, 15) is 4.79 Å². The summed E-state index contributed by atoms with van der Waals surface area (Å²) in [5, 5.41) is 2.64. The van der Waals surface area contributed by atoms with Crippen molar-refractivity contribution in [3.8, 4) is 0 Å². The minimum atomic E-state index is -0.0753. The van der Waals surface area contributed by atoms with E-state index in [1.165, 1.54) is 0 Å². The first-order valence-electron chi connectivity index (χ1n) is 4.16. The normalized spacial score (nSPS) is 15.7. The van der Waals surface area contributed by atoms with E-state index in [0.717, 1.165) is 5.69 Å². The maximum atomic E-state index is 11.4. The molecular formula is C10H10N2O. The molecule has 1 N–H and O–H groups in total. The summed E-state index contributed by atoms with van der Waals surface area (Å²) in [4.78, 5) is 13.0. The van der Waals surface area contributed by atoms with Crippen molar-refractivity contribution in [2.24, 2.45) is 0 Å². The average Bonchev–Trinajstić information content (AvgIpc) is 2.20. The summed E-state index contributed by atoms with van der Waals surface area (Å²) in [6.45, 7) is 0.635. The number of urea groups is 1. The van der Waals surface area contributed by atoms with Crippen LogP contribution in [0.3, 0.4) is 0 Å². The van der Waals surface area contributed by atoms with Crippen LogP contribution < -0.4 is 10.2 Å². The Morgan fingerprint density at radius 1 is 1.23 bits per heavy atom. The number of nitrogens with one attached hydrogen (secondary N) is 1. The van der Waals surface area contributed by atoms with Gasteiger partial charge in [-0.15, -0.1) is 0 Å². The summed E-state index contributed by atoms with van der Waals surface area (Å²) in [7, 11) is 0. The zero-order chi connectivity index (χ0) is 9.10. The van der Waals surface area contributed by atoms with E-state index in [2.05, 4.69) is 5.32 Å². The summed E-state index contributed by atoms with van der Waals surface area (Å²) < 4.78 is 0. The van der Waals surface area contributed by atoms with E-state index in [1.54, 1.807) is 11.1 Å².